The number of benzene rings is 1. The Labute approximate surface area is 219 Å². The minimum atomic E-state index is -1.18. The number of amides is 1. The Hall–Kier alpha value is -4.91. The first-order chi connectivity index (χ1) is 18.4. The summed E-state index contributed by atoms with van der Waals surface area (Å²) in [6.45, 7) is 1.96. The summed E-state index contributed by atoms with van der Waals surface area (Å²) in [6, 6.07) is 10.1. The van der Waals surface area contributed by atoms with Crippen LogP contribution in [0.1, 0.15) is 29.7 Å². The van der Waals surface area contributed by atoms with Crippen molar-refractivity contribution in [1.82, 2.24) is 44.7 Å². The number of aromatic amines is 1. The lowest BCUT2D eigenvalue weighted by atomic mass is 10.1. The summed E-state index contributed by atoms with van der Waals surface area (Å²) in [5.41, 5.74) is 4.07. The summed E-state index contributed by atoms with van der Waals surface area (Å²) in [6.07, 6.45) is 2.88. The monoisotopic (exact) mass is 530 g/mol. The molecule has 0 fully saturated rings. The molecule has 190 valence electrons. The molecule has 4 aromatic heterocycles. The van der Waals surface area contributed by atoms with Crippen LogP contribution in [0.5, 0.6) is 0 Å². The summed E-state index contributed by atoms with van der Waals surface area (Å²) >= 11 is 6.42. The number of carbonyl (C=O) groups is 1. The fourth-order valence-electron chi connectivity index (χ4n) is 4.60. The van der Waals surface area contributed by atoms with Gasteiger partial charge in [-0.25, -0.2) is 14.8 Å². The molecule has 13 nitrogen and oxygen atoms in total. The number of hydrogen-bond acceptors (Lipinski definition) is 8. The number of carboxylic acid groups (broad SMARTS) is 1. The van der Waals surface area contributed by atoms with E-state index in [9.17, 15) is 9.59 Å². The smallest absolute Gasteiger partial charge is 0.409 e. The predicted molar refractivity (Wildman–Crippen MR) is 136 cm³/mol. The van der Waals surface area contributed by atoms with Gasteiger partial charge in [0.2, 0.25) is 0 Å². The number of hydrogen-bond donors (Lipinski definition) is 3. The topological polar surface area (TPSA) is 169 Å². The number of tetrazole rings is 1. The Morgan fingerprint density at radius 1 is 1.18 bits per heavy atom. The van der Waals surface area contributed by atoms with E-state index in [2.05, 4.69) is 35.8 Å². The standard InChI is InChI=1S/C24H19ClN10O3/c1-12-2-5-17(34-11-27-32-33-34)14(8-12)16-9-20(36)35-18(6-7-19(35)29-16)23-30-21(22(25)31-23)15-4-3-13(10-26-15)28-24(37)38/h2-5,8-11,18,28H,6-7H2,1H3,(H,30,31)(H,37,38)/t18-/m0/s1. The van der Waals surface area contributed by atoms with E-state index in [1.165, 1.54) is 23.3 Å². The van der Waals surface area contributed by atoms with Crippen LogP contribution < -0.4 is 10.9 Å². The van der Waals surface area contributed by atoms with E-state index in [0.29, 0.717) is 52.9 Å². The molecule has 1 aliphatic rings. The van der Waals surface area contributed by atoms with Gasteiger partial charge in [0.15, 0.2) is 5.15 Å². The molecule has 3 N–H and O–H groups in total. The van der Waals surface area contributed by atoms with Crippen molar-refractivity contribution in [2.45, 2.75) is 25.8 Å². The zero-order chi connectivity index (χ0) is 26.4. The maximum atomic E-state index is 13.4. The van der Waals surface area contributed by atoms with E-state index >= 15 is 0 Å². The number of nitrogens with one attached hydrogen (secondary N) is 2. The van der Waals surface area contributed by atoms with Gasteiger partial charge in [-0.2, -0.15) is 4.68 Å². The van der Waals surface area contributed by atoms with Gasteiger partial charge in [-0.05, 0) is 48.0 Å². The molecule has 5 aromatic rings. The lowest BCUT2D eigenvalue weighted by Crippen LogP contribution is -2.25. The van der Waals surface area contributed by atoms with Gasteiger partial charge in [0.1, 0.15) is 23.7 Å². The van der Waals surface area contributed by atoms with Crippen molar-refractivity contribution >= 4 is 23.4 Å². The van der Waals surface area contributed by atoms with E-state index < -0.39 is 6.09 Å². The summed E-state index contributed by atoms with van der Waals surface area (Å²) in [5.74, 6) is 1.15. The first-order valence-electron chi connectivity index (χ1n) is 11.6. The lowest BCUT2D eigenvalue weighted by molar-refractivity contribution is 0.209. The number of halogens is 1. The second-order valence-corrected chi connectivity index (χ2v) is 9.10. The Kier molecular flexibility index (Phi) is 5.68. The molecule has 1 amide bonds. The van der Waals surface area contributed by atoms with Gasteiger partial charge in [-0.15, -0.1) is 5.10 Å². The molecule has 0 saturated heterocycles. The number of aromatic nitrogens is 9. The molecule has 0 radical (unpaired) electrons. The van der Waals surface area contributed by atoms with Gasteiger partial charge in [-0.1, -0.05) is 23.2 Å². The molecule has 6 rings (SSSR count). The van der Waals surface area contributed by atoms with Crippen molar-refractivity contribution in [3.05, 3.63) is 81.6 Å². The normalized spacial score (nSPS) is 14.4. The van der Waals surface area contributed by atoms with Crippen molar-refractivity contribution in [2.24, 2.45) is 0 Å². The zero-order valence-electron chi connectivity index (χ0n) is 19.8. The molecule has 0 bridgehead atoms. The van der Waals surface area contributed by atoms with E-state index in [-0.39, 0.29) is 16.8 Å². The number of fused-ring (bicyclic) bond motifs is 1. The number of anilines is 1. The van der Waals surface area contributed by atoms with Crippen LogP contribution in [0.3, 0.4) is 0 Å². The van der Waals surface area contributed by atoms with E-state index in [4.69, 9.17) is 21.7 Å². The molecule has 5 heterocycles. The van der Waals surface area contributed by atoms with E-state index in [1.807, 2.05) is 25.1 Å². The fraction of sp³-hybridized carbons (Fsp3) is 0.167. The quantitative estimate of drug-likeness (QED) is 0.308. The molecule has 38 heavy (non-hydrogen) atoms. The predicted octanol–water partition coefficient (Wildman–Crippen LogP) is 3.26. The molecule has 1 atom stereocenters. The first-order valence-corrected chi connectivity index (χ1v) is 11.9. The third-order valence-electron chi connectivity index (χ3n) is 6.27. The Morgan fingerprint density at radius 2 is 2.05 bits per heavy atom. The van der Waals surface area contributed by atoms with Gasteiger partial charge in [0, 0.05) is 18.1 Å². The molecule has 0 unspecified atom stereocenters. The van der Waals surface area contributed by atoms with E-state index in [1.54, 1.807) is 16.7 Å². The highest BCUT2D eigenvalue weighted by Gasteiger charge is 2.30. The fourth-order valence-corrected chi connectivity index (χ4v) is 4.84. The van der Waals surface area contributed by atoms with Gasteiger partial charge < -0.3 is 10.1 Å². The highest BCUT2D eigenvalue weighted by atomic mass is 35.5. The molecule has 14 heteroatoms. The Balaban J connectivity index is 1.35. The average molecular weight is 531 g/mol. The minimum absolute atomic E-state index is 0.198. The maximum Gasteiger partial charge on any atom is 0.409 e. The Morgan fingerprint density at radius 3 is 2.79 bits per heavy atom. The van der Waals surface area contributed by atoms with Crippen molar-refractivity contribution in [2.75, 3.05) is 5.32 Å². The first kappa shape index (κ1) is 23.5. The van der Waals surface area contributed by atoms with Gasteiger partial charge >= 0.3 is 6.09 Å². The summed E-state index contributed by atoms with van der Waals surface area (Å²) in [7, 11) is 0. The van der Waals surface area contributed by atoms with Gasteiger partial charge in [0.05, 0.1) is 35.0 Å². The molecule has 1 aliphatic heterocycles. The third kappa shape index (κ3) is 4.18. The summed E-state index contributed by atoms with van der Waals surface area (Å²) < 4.78 is 3.16. The van der Waals surface area contributed by atoms with Crippen molar-refractivity contribution in [1.29, 1.82) is 0 Å². The van der Waals surface area contributed by atoms with Crippen molar-refractivity contribution < 1.29 is 9.90 Å². The average Bonchev–Trinajstić information content (AvgIpc) is 3.64. The molecular weight excluding hydrogens is 512 g/mol. The summed E-state index contributed by atoms with van der Waals surface area (Å²) in [5, 5.41) is 22.7. The molecule has 0 aliphatic carbocycles. The second-order valence-electron chi connectivity index (χ2n) is 8.75. The SMILES string of the molecule is Cc1ccc(-n2cnnn2)c(-c2cc(=O)n3c(n2)CC[C@H]3c2nc(Cl)c(-c3ccc(NC(=O)O)cn3)[nH]2)c1. The van der Waals surface area contributed by atoms with Crippen LogP contribution in [-0.4, -0.2) is 55.9 Å². The largest absolute Gasteiger partial charge is 0.465 e. The highest BCUT2D eigenvalue weighted by molar-refractivity contribution is 6.31. The number of rotatable bonds is 5. The van der Waals surface area contributed by atoms with Crippen LogP contribution >= 0.6 is 11.6 Å². The van der Waals surface area contributed by atoms with Crippen LogP contribution in [-0.2, 0) is 6.42 Å². The molecule has 1 aromatic carbocycles. The van der Waals surface area contributed by atoms with Gasteiger partial charge in [-0.3, -0.25) is 19.7 Å². The second kappa shape index (κ2) is 9.19. The molecule has 0 saturated carbocycles. The zero-order valence-corrected chi connectivity index (χ0v) is 20.6. The van der Waals surface area contributed by atoms with Crippen molar-refractivity contribution in [3.8, 4) is 28.3 Å². The van der Waals surface area contributed by atoms with Crippen LogP contribution in [0.15, 0.2) is 53.7 Å². The maximum absolute atomic E-state index is 13.4. The highest BCUT2D eigenvalue weighted by Crippen LogP contribution is 2.34. The number of imidazole rings is 1. The third-order valence-corrected chi connectivity index (χ3v) is 6.54. The number of pyridine rings is 1. The van der Waals surface area contributed by atoms with Crippen LogP contribution in [0.4, 0.5) is 10.5 Å². The lowest BCUT2D eigenvalue weighted by Gasteiger charge is -2.14. The molecular formula is C24H19ClN10O3. The van der Waals surface area contributed by atoms with Crippen molar-refractivity contribution in [3.63, 3.8) is 0 Å². The summed E-state index contributed by atoms with van der Waals surface area (Å²) in [4.78, 5) is 41.0. The van der Waals surface area contributed by atoms with Crippen LogP contribution in [0.25, 0.3) is 28.3 Å². The number of H-pyrrole nitrogens is 1. The van der Waals surface area contributed by atoms with Gasteiger partial charge in [0.25, 0.3) is 5.56 Å². The Bertz CT molecular complexity index is 1730. The molecule has 0 spiro atoms. The van der Waals surface area contributed by atoms with Crippen LogP contribution in [0.2, 0.25) is 5.15 Å². The number of aryl methyl sites for hydroxylation is 2. The van der Waals surface area contributed by atoms with Crippen LogP contribution in [0, 0.1) is 6.92 Å². The minimum Gasteiger partial charge on any atom is -0.465 e. The van der Waals surface area contributed by atoms with E-state index in [0.717, 1.165) is 11.1 Å². The number of nitrogens with zero attached hydrogens (tertiary/aromatic N) is 8.